The minimum atomic E-state index is -1.54. The number of phenolic OH excluding ortho intramolecular Hbond substituents is 1. The highest BCUT2D eigenvalue weighted by atomic mass is 32.2. The Morgan fingerprint density at radius 3 is 1.96 bits per heavy atom. The monoisotopic (exact) mass is 1010 g/mol. The molecule has 10 atom stereocenters. The highest BCUT2D eigenvalue weighted by Gasteiger charge is 2.60. The number of nitrogens with zero attached hydrogens (tertiary/aromatic N) is 1. The van der Waals surface area contributed by atoms with E-state index in [2.05, 4.69) is 41.9 Å². The van der Waals surface area contributed by atoms with Crippen LogP contribution in [0.2, 0.25) is 0 Å². The Balaban J connectivity index is 1.41. The molecule has 7 amide bonds. The second-order valence-electron chi connectivity index (χ2n) is 18.5. The van der Waals surface area contributed by atoms with Gasteiger partial charge in [-0.1, -0.05) is 56.3 Å². The van der Waals surface area contributed by atoms with Crippen LogP contribution in [0.1, 0.15) is 69.2 Å². The Morgan fingerprint density at radius 2 is 1.37 bits per heavy atom. The third-order valence-corrected chi connectivity index (χ3v) is 14.5. The average Bonchev–Trinajstić information content (AvgIpc) is 4.08. The molecule has 0 unspecified atom stereocenters. The molecule has 2 aliphatic carbocycles. The second kappa shape index (κ2) is 25.6. The van der Waals surface area contributed by atoms with Crippen LogP contribution in [0.5, 0.6) is 5.75 Å². The first-order valence-corrected chi connectivity index (χ1v) is 25.9. The zero-order valence-electron chi connectivity index (χ0n) is 39.8. The number of imidazole rings is 1. The van der Waals surface area contributed by atoms with Crippen LogP contribution in [0.3, 0.4) is 0 Å². The van der Waals surface area contributed by atoms with Crippen LogP contribution in [0.25, 0.3) is 0 Å². The number of thioether (sulfide) groups is 2. The van der Waals surface area contributed by atoms with Crippen molar-refractivity contribution < 1.29 is 48.6 Å². The number of fused-ring (bicyclic) bond motifs is 2. The number of H-pyrrole nitrogens is 1. The molecule has 2 fully saturated rings. The van der Waals surface area contributed by atoms with E-state index in [1.165, 1.54) is 36.4 Å². The molecular formula is C48H66N10O10S2. The van der Waals surface area contributed by atoms with E-state index < -0.39 is 95.5 Å². The highest BCUT2D eigenvalue weighted by molar-refractivity contribution is 7.99. The summed E-state index contributed by atoms with van der Waals surface area (Å²) in [5.41, 5.74) is 12.3. The predicted molar refractivity (Wildman–Crippen MR) is 265 cm³/mol. The van der Waals surface area contributed by atoms with Gasteiger partial charge in [0.05, 0.1) is 18.8 Å². The molecule has 22 heteroatoms. The van der Waals surface area contributed by atoms with Crippen molar-refractivity contribution in [1.82, 2.24) is 41.9 Å². The number of carbonyl (C=O) groups is 8. The molecule has 5 rings (SSSR count). The molecule has 3 aromatic rings. The summed E-state index contributed by atoms with van der Waals surface area (Å²) in [6.07, 6.45) is 7.93. The molecule has 0 saturated heterocycles. The van der Waals surface area contributed by atoms with E-state index in [0.717, 1.165) is 6.42 Å². The lowest BCUT2D eigenvalue weighted by Gasteiger charge is -2.41. The number of carboxylic acids is 1. The van der Waals surface area contributed by atoms with Crippen LogP contribution in [-0.2, 0) is 57.6 Å². The molecule has 0 aliphatic heterocycles. The summed E-state index contributed by atoms with van der Waals surface area (Å²) >= 11 is 2.99. The lowest BCUT2D eigenvalue weighted by Crippen LogP contribution is -2.68. The Bertz CT molecular complexity index is 2290. The molecule has 2 saturated carbocycles. The zero-order chi connectivity index (χ0) is 51.1. The molecule has 70 heavy (non-hydrogen) atoms. The third-order valence-electron chi connectivity index (χ3n) is 12.8. The SMILES string of the molecule is CSCC[C@H](NC(=O)[C@H](CC(C)C)NC(=O)[C@H](Cc1cnc[nH]1)NC(=O)[C@H](Cc1ccccc1)NC(=O)[C@]1(NC(=O)[C@@H](N)Cc2ccc(O)cc2)C[C@H]2C[C@H](SC)[C@@H]1C2)C(=O)N[C@@H](CC(=O)O)C(N)=O. The second-order valence-corrected chi connectivity index (χ2v) is 20.6. The van der Waals surface area contributed by atoms with Crippen LogP contribution < -0.4 is 43.4 Å². The first-order valence-electron chi connectivity index (χ1n) is 23.2. The maximum absolute atomic E-state index is 15.0. The number of hydrogen-bond acceptors (Lipinski definition) is 13. The van der Waals surface area contributed by atoms with Gasteiger partial charge < -0.3 is 58.6 Å². The van der Waals surface area contributed by atoms with Gasteiger partial charge in [0.25, 0.3) is 0 Å². The van der Waals surface area contributed by atoms with E-state index in [0.29, 0.717) is 35.4 Å². The molecule has 0 radical (unpaired) electrons. The summed E-state index contributed by atoms with van der Waals surface area (Å²) in [6, 6.07) is 7.64. The number of aromatic amines is 1. The van der Waals surface area contributed by atoms with Crippen molar-refractivity contribution in [1.29, 1.82) is 0 Å². The summed E-state index contributed by atoms with van der Waals surface area (Å²) in [6.45, 7) is 3.65. The van der Waals surface area contributed by atoms with Crippen LogP contribution in [0, 0.1) is 17.8 Å². The Hall–Kier alpha value is -6.13. The topological polar surface area (TPSA) is 330 Å². The largest absolute Gasteiger partial charge is 0.508 e. The minimum absolute atomic E-state index is 0.00219. The number of hydrogen-bond donors (Lipinski definition) is 11. The van der Waals surface area contributed by atoms with Gasteiger partial charge in [-0.2, -0.15) is 23.5 Å². The average molecular weight is 1010 g/mol. The fourth-order valence-corrected chi connectivity index (χ4v) is 10.9. The third kappa shape index (κ3) is 15.2. The van der Waals surface area contributed by atoms with E-state index in [-0.39, 0.29) is 60.9 Å². The summed E-state index contributed by atoms with van der Waals surface area (Å²) in [4.78, 5) is 116. The van der Waals surface area contributed by atoms with Crippen molar-refractivity contribution in [2.75, 3.05) is 18.3 Å². The van der Waals surface area contributed by atoms with Gasteiger partial charge in [0.15, 0.2) is 0 Å². The van der Waals surface area contributed by atoms with Gasteiger partial charge in [-0.25, -0.2) is 4.98 Å². The molecule has 1 aromatic heterocycles. The van der Waals surface area contributed by atoms with Crippen LogP contribution in [-0.4, -0.2) is 133 Å². The Morgan fingerprint density at radius 1 is 0.771 bits per heavy atom. The molecule has 0 spiro atoms. The molecular weight excluding hydrogens is 941 g/mol. The lowest BCUT2D eigenvalue weighted by molar-refractivity contribution is -0.140. The van der Waals surface area contributed by atoms with Gasteiger partial charge in [0, 0.05) is 35.9 Å². The Kier molecular flexibility index (Phi) is 20.1. The molecule has 1 heterocycles. The van der Waals surface area contributed by atoms with Crippen LogP contribution >= 0.6 is 23.5 Å². The quantitative estimate of drug-likeness (QED) is 0.0501. The zero-order valence-corrected chi connectivity index (χ0v) is 41.4. The summed E-state index contributed by atoms with van der Waals surface area (Å²) in [7, 11) is 0. The summed E-state index contributed by atoms with van der Waals surface area (Å²) < 4.78 is 0. The van der Waals surface area contributed by atoms with Crippen molar-refractivity contribution in [3.05, 3.63) is 83.9 Å². The maximum atomic E-state index is 15.0. The number of primary amides is 1. The fourth-order valence-electron chi connectivity index (χ4n) is 9.27. The van der Waals surface area contributed by atoms with Crippen molar-refractivity contribution in [3.63, 3.8) is 0 Å². The number of carbonyl (C=O) groups excluding carboxylic acids is 7. The van der Waals surface area contributed by atoms with Gasteiger partial charge >= 0.3 is 5.97 Å². The molecule has 380 valence electrons. The molecule has 2 aromatic carbocycles. The highest BCUT2D eigenvalue weighted by Crippen LogP contribution is 2.54. The first-order chi connectivity index (χ1) is 33.3. The lowest BCUT2D eigenvalue weighted by atomic mass is 9.79. The first kappa shape index (κ1) is 54.8. The van der Waals surface area contributed by atoms with Crippen molar-refractivity contribution in [3.8, 4) is 5.75 Å². The van der Waals surface area contributed by atoms with Gasteiger partial charge in [0.1, 0.15) is 41.5 Å². The van der Waals surface area contributed by atoms with Gasteiger partial charge in [-0.05, 0) is 91.9 Å². The smallest absolute Gasteiger partial charge is 0.305 e. The van der Waals surface area contributed by atoms with Gasteiger partial charge in [-0.3, -0.25) is 38.4 Å². The minimum Gasteiger partial charge on any atom is -0.508 e. The molecule has 2 aliphatic rings. The fraction of sp³-hybridized carbons (Fsp3) is 0.521. The van der Waals surface area contributed by atoms with E-state index >= 15 is 4.79 Å². The number of nitrogens with one attached hydrogen (secondary N) is 7. The number of rotatable bonds is 27. The van der Waals surface area contributed by atoms with Gasteiger partial charge in [-0.15, -0.1) is 0 Å². The van der Waals surface area contributed by atoms with Crippen molar-refractivity contribution >= 4 is 70.8 Å². The standard InChI is InChI=1S/C48H66N10O10S2/c1-26(2)16-36(44(65)53-34(14-15-69-3)43(64)54-35(41(50)62)22-40(60)61)55-46(67)38(21-30-24-51-25-52-30)56-45(66)37(19-27-8-6-5-7-9-27)57-47(68)48(23-29-17-32(48)39(20-29)70-4)58-42(63)33(49)18-28-10-12-31(59)13-11-28/h5-13,24-26,29,32-39,59H,14-23,49H2,1-4H3,(H2,50,62)(H,51,52)(H,53,65)(H,54,64)(H,55,67)(H,56,66)(H,57,68)(H,58,63)(H,60,61)/t29-,32+,33+,34+,35+,36+,37+,38+,39+,48+/m1/s1. The summed E-state index contributed by atoms with van der Waals surface area (Å²) in [5, 5.41) is 35.7. The number of carboxylic acid groups (broad SMARTS) is 1. The number of phenols is 1. The van der Waals surface area contributed by atoms with E-state index in [1.54, 1.807) is 54.4 Å². The van der Waals surface area contributed by atoms with Crippen molar-refractivity contribution in [2.45, 2.75) is 119 Å². The Labute approximate surface area is 415 Å². The van der Waals surface area contributed by atoms with Crippen LogP contribution in [0.15, 0.2) is 67.1 Å². The predicted octanol–water partition coefficient (Wildman–Crippen LogP) is 0.670. The maximum Gasteiger partial charge on any atom is 0.305 e. The number of nitrogens with two attached hydrogens (primary N) is 2. The normalized spacial score (nSPS) is 20.7. The molecule has 13 N–H and O–H groups in total. The summed E-state index contributed by atoms with van der Waals surface area (Å²) in [5.74, 6) is -6.49. The number of aliphatic carboxylic acids is 1. The van der Waals surface area contributed by atoms with E-state index in [1.807, 2.05) is 26.2 Å². The molecule has 20 nitrogen and oxygen atoms in total. The van der Waals surface area contributed by atoms with Crippen molar-refractivity contribution in [2.24, 2.45) is 29.2 Å². The number of amides is 7. The molecule has 2 bridgehead atoms. The van der Waals surface area contributed by atoms with Crippen LogP contribution in [0.4, 0.5) is 0 Å². The number of aromatic hydroxyl groups is 1. The number of benzene rings is 2. The van der Waals surface area contributed by atoms with E-state index in [9.17, 15) is 43.8 Å². The van der Waals surface area contributed by atoms with E-state index in [4.69, 9.17) is 11.5 Å². The number of aromatic nitrogens is 2. The van der Waals surface area contributed by atoms with Gasteiger partial charge in [0.2, 0.25) is 41.4 Å².